The van der Waals surface area contributed by atoms with Gasteiger partial charge in [0.15, 0.2) is 0 Å². The molecular weight excluding hydrogens is 551 g/mol. The number of pyridine rings is 2. The van der Waals surface area contributed by atoms with Crippen LogP contribution in [0.25, 0.3) is 21.8 Å². The maximum atomic E-state index is 10.7. The van der Waals surface area contributed by atoms with E-state index in [1.807, 2.05) is 54.6 Å². The smallest absolute Gasteiger partial charge is 0.271 e. The second-order valence-corrected chi connectivity index (χ2v) is 9.23. The molecule has 0 fully saturated rings. The van der Waals surface area contributed by atoms with E-state index in [0.717, 1.165) is 27.6 Å². The van der Waals surface area contributed by atoms with E-state index in [4.69, 9.17) is 38.4 Å². The van der Waals surface area contributed by atoms with E-state index in [2.05, 4.69) is 9.97 Å². The number of nitrogen functional groups attached to an aromatic ring is 1. The second kappa shape index (κ2) is 11.9. The molecular formula is C30H20Cl2N4O4. The fourth-order valence-corrected chi connectivity index (χ4v) is 4.29. The summed E-state index contributed by atoms with van der Waals surface area (Å²) in [4.78, 5) is 18.7. The first kappa shape index (κ1) is 26.7. The molecule has 2 heterocycles. The Balaban J connectivity index is 0.000000162. The van der Waals surface area contributed by atoms with Crippen LogP contribution >= 0.6 is 23.2 Å². The van der Waals surface area contributed by atoms with Crippen LogP contribution in [0, 0.1) is 10.1 Å². The van der Waals surface area contributed by atoms with Gasteiger partial charge in [0.05, 0.1) is 26.0 Å². The van der Waals surface area contributed by atoms with Gasteiger partial charge in [0.2, 0.25) is 0 Å². The van der Waals surface area contributed by atoms with Crippen molar-refractivity contribution in [3.05, 3.63) is 130 Å². The average molecular weight is 571 g/mol. The lowest BCUT2D eigenvalue weighted by atomic mass is 10.2. The maximum absolute atomic E-state index is 10.7. The summed E-state index contributed by atoms with van der Waals surface area (Å²) >= 11 is 12.1. The van der Waals surface area contributed by atoms with Gasteiger partial charge in [0.1, 0.15) is 23.0 Å². The Morgan fingerprint density at radius 3 is 1.68 bits per heavy atom. The number of nitro benzene ring substituents is 1. The number of nitro groups is 1. The lowest BCUT2D eigenvalue weighted by molar-refractivity contribution is -0.384. The first-order chi connectivity index (χ1) is 19.4. The zero-order valence-corrected chi connectivity index (χ0v) is 22.2. The van der Waals surface area contributed by atoms with Gasteiger partial charge in [-0.05, 0) is 72.8 Å². The minimum Gasteiger partial charge on any atom is -0.455 e. The van der Waals surface area contributed by atoms with Crippen LogP contribution in [0.2, 0.25) is 10.0 Å². The monoisotopic (exact) mass is 570 g/mol. The molecule has 0 saturated carbocycles. The Morgan fingerprint density at radius 1 is 0.650 bits per heavy atom. The standard InChI is InChI=1S/C15H9ClN2O3.C15H11ClN2O/c16-12-9-10(18(19)20)6-7-15(12)21-14-5-1-4-13-11(14)3-2-8-17-13;16-12-9-10(17)6-7-15(12)19-14-5-1-4-13-11(14)3-2-8-18-13/h1-9H;1-9H,17H2. The van der Waals surface area contributed by atoms with E-state index in [1.54, 1.807) is 36.7 Å². The summed E-state index contributed by atoms with van der Waals surface area (Å²) in [6, 6.07) is 28.0. The molecule has 0 aliphatic rings. The predicted octanol–water partition coefficient (Wildman–Crippen LogP) is 8.85. The molecule has 40 heavy (non-hydrogen) atoms. The number of anilines is 1. The highest BCUT2D eigenvalue weighted by molar-refractivity contribution is 6.32. The van der Waals surface area contributed by atoms with Crippen molar-refractivity contribution in [2.24, 2.45) is 0 Å². The van der Waals surface area contributed by atoms with Crippen LogP contribution in [-0.4, -0.2) is 14.9 Å². The first-order valence-corrected chi connectivity index (χ1v) is 12.7. The van der Waals surface area contributed by atoms with Gasteiger partial charge < -0.3 is 15.2 Å². The lowest BCUT2D eigenvalue weighted by Gasteiger charge is -2.10. The number of rotatable bonds is 5. The van der Waals surface area contributed by atoms with E-state index in [0.29, 0.717) is 28.0 Å². The molecule has 0 saturated heterocycles. The van der Waals surface area contributed by atoms with Crippen LogP contribution in [0.4, 0.5) is 11.4 Å². The molecule has 10 heteroatoms. The summed E-state index contributed by atoms with van der Waals surface area (Å²) in [7, 11) is 0. The van der Waals surface area contributed by atoms with Crippen molar-refractivity contribution in [2.75, 3.05) is 5.73 Å². The summed E-state index contributed by atoms with van der Waals surface area (Å²) < 4.78 is 11.6. The summed E-state index contributed by atoms with van der Waals surface area (Å²) in [6.45, 7) is 0. The summed E-state index contributed by atoms with van der Waals surface area (Å²) in [6.07, 6.45) is 3.45. The highest BCUT2D eigenvalue weighted by Crippen LogP contribution is 2.36. The van der Waals surface area contributed by atoms with Gasteiger partial charge in [-0.3, -0.25) is 20.1 Å². The zero-order valence-electron chi connectivity index (χ0n) is 20.7. The number of fused-ring (bicyclic) bond motifs is 2. The largest absolute Gasteiger partial charge is 0.455 e. The minimum atomic E-state index is -0.502. The van der Waals surface area contributed by atoms with Crippen LogP contribution in [0.3, 0.4) is 0 Å². The van der Waals surface area contributed by atoms with E-state index in [-0.39, 0.29) is 10.7 Å². The summed E-state index contributed by atoms with van der Waals surface area (Å²) in [5, 5.41) is 13.2. The van der Waals surface area contributed by atoms with Crippen LogP contribution in [0.5, 0.6) is 23.0 Å². The number of aromatic nitrogens is 2. The fourth-order valence-electron chi connectivity index (χ4n) is 3.85. The zero-order chi connectivity index (χ0) is 28.1. The van der Waals surface area contributed by atoms with Crippen molar-refractivity contribution < 1.29 is 14.4 Å². The van der Waals surface area contributed by atoms with Crippen LogP contribution in [-0.2, 0) is 0 Å². The molecule has 0 atom stereocenters. The topological polar surface area (TPSA) is 113 Å². The van der Waals surface area contributed by atoms with Crippen LogP contribution < -0.4 is 15.2 Å². The van der Waals surface area contributed by atoms with Crippen molar-refractivity contribution in [1.29, 1.82) is 0 Å². The van der Waals surface area contributed by atoms with Gasteiger partial charge in [-0.1, -0.05) is 35.3 Å². The number of non-ortho nitro benzene ring substituents is 1. The van der Waals surface area contributed by atoms with Gasteiger partial charge in [-0.2, -0.15) is 0 Å². The van der Waals surface area contributed by atoms with Gasteiger partial charge in [0, 0.05) is 41.0 Å². The second-order valence-electron chi connectivity index (χ2n) is 8.42. The van der Waals surface area contributed by atoms with Crippen LogP contribution in [0.1, 0.15) is 0 Å². The van der Waals surface area contributed by atoms with Crippen LogP contribution in [0.15, 0.2) is 109 Å². The lowest BCUT2D eigenvalue weighted by Crippen LogP contribution is -1.91. The van der Waals surface area contributed by atoms with Gasteiger partial charge >= 0.3 is 0 Å². The molecule has 0 bridgehead atoms. The number of nitrogens with two attached hydrogens (primary N) is 1. The number of ether oxygens (including phenoxy) is 2. The number of benzene rings is 4. The van der Waals surface area contributed by atoms with Gasteiger partial charge in [0.25, 0.3) is 5.69 Å². The molecule has 6 aromatic rings. The molecule has 0 amide bonds. The molecule has 0 unspecified atom stereocenters. The predicted molar refractivity (Wildman–Crippen MR) is 158 cm³/mol. The third-order valence-corrected chi connectivity index (χ3v) is 6.32. The summed E-state index contributed by atoms with van der Waals surface area (Å²) in [5.74, 6) is 2.25. The highest BCUT2D eigenvalue weighted by Gasteiger charge is 2.12. The third kappa shape index (κ3) is 6.04. The van der Waals surface area contributed by atoms with Gasteiger partial charge in [-0.15, -0.1) is 0 Å². The Hall–Kier alpha value is -4.92. The molecule has 0 radical (unpaired) electrons. The minimum absolute atomic E-state index is 0.0769. The molecule has 0 aliphatic carbocycles. The highest BCUT2D eigenvalue weighted by atomic mass is 35.5. The van der Waals surface area contributed by atoms with E-state index in [1.165, 1.54) is 18.2 Å². The first-order valence-electron chi connectivity index (χ1n) is 11.9. The van der Waals surface area contributed by atoms with Crippen molar-refractivity contribution in [3.8, 4) is 23.0 Å². The molecule has 6 rings (SSSR count). The SMILES string of the molecule is Nc1ccc(Oc2cccc3ncccc23)c(Cl)c1.O=[N+]([O-])c1ccc(Oc2cccc3ncccc23)c(Cl)c1. The Bertz CT molecular complexity index is 1840. The van der Waals surface area contributed by atoms with Crippen molar-refractivity contribution in [1.82, 2.24) is 9.97 Å². The molecule has 0 spiro atoms. The molecule has 2 aromatic heterocycles. The number of nitrogens with zero attached hydrogens (tertiary/aromatic N) is 3. The fraction of sp³-hybridized carbons (Fsp3) is 0. The number of hydrogen-bond acceptors (Lipinski definition) is 7. The maximum Gasteiger partial charge on any atom is 0.271 e. The Kier molecular flexibility index (Phi) is 7.91. The van der Waals surface area contributed by atoms with Crippen molar-refractivity contribution in [3.63, 3.8) is 0 Å². The average Bonchev–Trinajstić information content (AvgIpc) is 2.96. The molecule has 198 valence electrons. The summed E-state index contributed by atoms with van der Waals surface area (Å²) in [5.41, 5.74) is 7.87. The Morgan fingerprint density at radius 2 is 1.18 bits per heavy atom. The van der Waals surface area contributed by atoms with E-state index < -0.39 is 4.92 Å². The van der Waals surface area contributed by atoms with Gasteiger partial charge in [-0.25, -0.2) is 0 Å². The number of hydrogen-bond donors (Lipinski definition) is 1. The van der Waals surface area contributed by atoms with Crippen molar-refractivity contribution in [2.45, 2.75) is 0 Å². The molecule has 4 aromatic carbocycles. The molecule has 2 N–H and O–H groups in total. The van der Waals surface area contributed by atoms with E-state index >= 15 is 0 Å². The van der Waals surface area contributed by atoms with E-state index in [9.17, 15) is 10.1 Å². The third-order valence-electron chi connectivity index (χ3n) is 5.73. The Labute approximate surface area is 238 Å². The normalized spacial score (nSPS) is 10.6. The number of halogens is 2. The molecule has 8 nitrogen and oxygen atoms in total. The van der Waals surface area contributed by atoms with Crippen molar-refractivity contribution >= 4 is 56.4 Å². The molecule has 0 aliphatic heterocycles. The quantitative estimate of drug-likeness (QED) is 0.125.